The third kappa shape index (κ3) is 5.83. The van der Waals surface area contributed by atoms with Crippen molar-refractivity contribution < 1.29 is 9.18 Å². The number of aryl methyl sites for hydroxylation is 1. The summed E-state index contributed by atoms with van der Waals surface area (Å²) in [6.07, 6.45) is 7.27. The van der Waals surface area contributed by atoms with Crippen LogP contribution in [0.2, 0.25) is 0 Å². The molecule has 166 valence electrons. The number of piperidine rings is 2. The second-order valence-electron chi connectivity index (χ2n) is 8.86. The minimum atomic E-state index is -0.190. The maximum atomic E-state index is 13.5. The first-order chi connectivity index (χ1) is 15.1. The van der Waals surface area contributed by atoms with Crippen LogP contribution in [0.25, 0.3) is 5.57 Å². The summed E-state index contributed by atoms with van der Waals surface area (Å²) in [5.41, 5.74) is 5.14. The lowest BCUT2D eigenvalue weighted by atomic mass is 9.91. The fourth-order valence-corrected chi connectivity index (χ4v) is 5.77. The number of hydrogen-bond acceptors (Lipinski definition) is 3. The van der Waals surface area contributed by atoms with E-state index in [2.05, 4.69) is 28.2 Å². The van der Waals surface area contributed by atoms with E-state index in [0.29, 0.717) is 12.3 Å². The summed E-state index contributed by atoms with van der Waals surface area (Å²) in [6.45, 7) is 7.08. The number of amides is 1. The highest BCUT2D eigenvalue weighted by Crippen LogP contribution is 2.35. The van der Waals surface area contributed by atoms with Gasteiger partial charge in [-0.3, -0.25) is 4.79 Å². The molecule has 2 aliphatic heterocycles. The molecule has 0 N–H and O–H groups in total. The number of hydrogen-bond donors (Lipinski definition) is 0. The van der Waals surface area contributed by atoms with Gasteiger partial charge in [-0.25, -0.2) is 4.39 Å². The summed E-state index contributed by atoms with van der Waals surface area (Å²) in [5.74, 6) is 0.147. The molecule has 2 saturated heterocycles. The Morgan fingerprint density at radius 1 is 1.03 bits per heavy atom. The lowest BCUT2D eigenvalue weighted by molar-refractivity contribution is -0.132. The molecule has 1 amide bonds. The monoisotopic (exact) mass is 440 g/mol. The topological polar surface area (TPSA) is 23.6 Å². The van der Waals surface area contributed by atoms with Crippen LogP contribution in [0, 0.1) is 12.7 Å². The molecule has 31 heavy (non-hydrogen) atoms. The van der Waals surface area contributed by atoms with Gasteiger partial charge in [0.05, 0.1) is 0 Å². The van der Waals surface area contributed by atoms with Gasteiger partial charge in [-0.15, -0.1) is 11.3 Å². The van der Waals surface area contributed by atoms with Crippen LogP contribution in [-0.4, -0.2) is 48.4 Å². The Kier molecular flexibility index (Phi) is 7.57. The minimum absolute atomic E-state index is 0.190. The minimum Gasteiger partial charge on any atom is -0.343 e. The number of carbonyl (C=O) groups excluding carboxylic acids is 1. The standard InChI is InChI=1S/C26H33FN2OS/c1-20-18-24(31-19-20)26(21-7-9-23(27)10-8-21)22-11-16-28(17-12-22)13-5-6-25(30)29-14-3-2-4-15-29/h7-10,18-19H,2-6,11-17H2,1H3. The van der Waals surface area contributed by atoms with Crippen molar-refractivity contribution in [3.63, 3.8) is 0 Å². The van der Waals surface area contributed by atoms with Crippen molar-refractivity contribution >= 4 is 22.8 Å². The van der Waals surface area contributed by atoms with E-state index in [1.807, 2.05) is 12.1 Å². The van der Waals surface area contributed by atoms with Crippen molar-refractivity contribution in [2.45, 2.75) is 51.9 Å². The highest BCUT2D eigenvalue weighted by Gasteiger charge is 2.21. The van der Waals surface area contributed by atoms with E-state index in [4.69, 9.17) is 0 Å². The van der Waals surface area contributed by atoms with Gasteiger partial charge in [0, 0.05) is 37.5 Å². The summed E-state index contributed by atoms with van der Waals surface area (Å²) in [7, 11) is 0. The molecule has 5 heteroatoms. The smallest absolute Gasteiger partial charge is 0.222 e. The molecule has 0 aliphatic carbocycles. The van der Waals surface area contributed by atoms with Crippen molar-refractivity contribution in [1.82, 2.24) is 9.80 Å². The summed E-state index contributed by atoms with van der Waals surface area (Å²) in [5, 5.41) is 2.19. The molecule has 4 rings (SSSR count). The molecule has 1 aromatic heterocycles. The Balaban J connectivity index is 1.36. The van der Waals surface area contributed by atoms with Crippen molar-refractivity contribution in [3.05, 3.63) is 63.1 Å². The number of carbonyl (C=O) groups is 1. The average Bonchev–Trinajstić information content (AvgIpc) is 3.22. The van der Waals surface area contributed by atoms with Crippen LogP contribution in [0.15, 0.2) is 41.3 Å². The molecule has 2 aromatic rings. The first-order valence-electron chi connectivity index (χ1n) is 11.6. The van der Waals surface area contributed by atoms with Crippen LogP contribution in [0.5, 0.6) is 0 Å². The first-order valence-corrected chi connectivity index (χ1v) is 12.5. The number of halogens is 1. The van der Waals surface area contributed by atoms with Crippen molar-refractivity contribution in [3.8, 4) is 0 Å². The molecule has 0 bridgehead atoms. The molecule has 2 aliphatic rings. The van der Waals surface area contributed by atoms with Gasteiger partial charge in [0.25, 0.3) is 0 Å². The molecule has 0 radical (unpaired) electrons. The van der Waals surface area contributed by atoms with E-state index >= 15 is 0 Å². The predicted octanol–water partition coefficient (Wildman–Crippen LogP) is 5.89. The van der Waals surface area contributed by atoms with Crippen LogP contribution in [0.3, 0.4) is 0 Å². The van der Waals surface area contributed by atoms with Gasteiger partial charge in [0.1, 0.15) is 5.82 Å². The summed E-state index contributed by atoms with van der Waals surface area (Å²) in [4.78, 5) is 18.2. The predicted molar refractivity (Wildman–Crippen MR) is 127 cm³/mol. The molecular weight excluding hydrogens is 407 g/mol. The van der Waals surface area contributed by atoms with E-state index in [9.17, 15) is 9.18 Å². The van der Waals surface area contributed by atoms with E-state index in [0.717, 1.165) is 70.4 Å². The van der Waals surface area contributed by atoms with E-state index in [-0.39, 0.29) is 5.82 Å². The molecule has 2 fully saturated rings. The van der Waals surface area contributed by atoms with Crippen LogP contribution >= 0.6 is 11.3 Å². The Morgan fingerprint density at radius 3 is 2.39 bits per heavy atom. The summed E-state index contributed by atoms with van der Waals surface area (Å²) >= 11 is 1.77. The third-order valence-electron chi connectivity index (χ3n) is 6.50. The number of rotatable bonds is 6. The molecule has 3 nitrogen and oxygen atoms in total. The quantitative estimate of drug-likeness (QED) is 0.559. The Labute approximate surface area is 189 Å². The zero-order chi connectivity index (χ0) is 21.6. The van der Waals surface area contributed by atoms with Gasteiger partial charge in [0.15, 0.2) is 0 Å². The van der Waals surface area contributed by atoms with Crippen molar-refractivity contribution in [2.24, 2.45) is 0 Å². The van der Waals surface area contributed by atoms with Crippen LogP contribution in [0.4, 0.5) is 4.39 Å². The largest absolute Gasteiger partial charge is 0.343 e. The summed E-state index contributed by atoms with van der Waals surface area (Å²) in [6, 6.07) is 9.18. The maximum Gasteiger partial charge on any atom is 0.222 e. The fraction of sp³-hybridized carbons (Fsp3) is 0.500. The molecule has 3 heterocycles. The molecule has 0 spiro atoms. The molecule has 1 aromatic carbocycles. The van der Waals surface area contributed by atoms with Crippen molar-refractivity contribution in [1.29, 1.82) is 0 Å². The van der Waals surface area contributed by atoms with Gasteiger partial charge in [0.2, 0.25) is 5.91 Å². The molecular formula is C26H33FN2OS. The number of nitrogens with zero attached hydrogens (tertiary/aromatic N) is 2. The van der Waals surface area contributed by atoms with Crippen LogP contribution in [-0.2, 0) is 4.79 Å². The van der Waals surface area contributed by atoms with Gasteiger partial charge in [-0.1, -0.05) is 17.7 Å². The van der Waals surface area contributed by atoms with Gasteiger partial charge < -0.3 is 9.80 Å². The Bertz CT molecular complexity index is 902. The van der Waals surface area contributed by atoms with E-state index in [1.165, 1.54) is 28.0 Å². The third-order valence-corrected chi connectivity index (χ3v) is 7.56. The highest BCUT2D eigenvalue weighted by atomic mass is 32.1. The number of benzene rings is 1. The Morgan fingerprint density at radius 2 is 1.74 bits per heavy atom. The van der Waals surface area contributed by atoms with Gasteiger partial charge >= 0.3 is 0 Å². The fourth-order valence-electron chi connectivity index (χ4n) is 4.75. The van der Waals surface area contributed by atoms with E-state index in [1.54, 1.807) is 23.5 Å². The van der Waals surface area contributed by atoms with E-state index < -0.39 is 0 Å². The van der Waals surface area contributed by atoms with Crippen molar-refractivity contribution in [2.75, 3.05) is 32.7 Å². The lowest BCUT2D eigenvalue weighted by Gasteiger charge is -2.30. The second-order valence-corrected chi connectivity index (χ2v) is 9.77. The average molecular weight is 441 g/mol. The van der Waals surface area contributed by atoms with Gasteiger partial charge in [-0.05, 0) is 92.3 Å². The SMILES string of the molecule is Cc1csc(C(=C2CCN(CCCC(=O)N3CCCCC3)CC2)c2ccc(F)cc2)c1. The summed E-state index contributed by atoms with van der Waals surface area (Å²) < 4.78 is 13.5. The molecule has 0 atom stereocenters. The zero-order valence-electron chi connectivity index (χ0n) is 18.5. The van der Waals surface area contributed by atoms with Crippen LogP contribution < -0.4 is 0 Å². The highest BCUT2D eigenvalue weighted by molar-refractivity contribution is 7.11. The first kappa shape index (κ1) is 22.2. The van der Waals surface area contributed by atoms with Crippen LogP contribution in [0.1, 0.15) is 60.9 Å². The van der Waals surface area contributed by atoms with Gasteiger partial charge in [-0.2, -0.15) is 0 Å². The number of thiophene rings is 1. The lowest BCUT2D eigenvalue weighted by Crippen LogP contribution is -2.36. The molecule has 0 unspecified atom stereocenters. The Hall–Kier alpha value is -1.98. The molecule has 0 saturated carbocycles. The maximum absolute atomic E-state index is 13.5. The number of likely N-dealkylation sites (tertiary alicyclic amines) is 2. The normalized spacial score (nSPS) is 17.7. The zero-order valence-corrected chi connectivity index (χ0v) is 19.4. The second kappa shape index (κ2) is 10.6.